The highest BCUT2D eigenvalue weighted by molar-refractivity contribution is 5.78. The fourth-order valence-electron chi connectivity index (χ4n) is 3.38. The summed E-state index contributed by atoms with van der Waals surface area (Å²) in [5.41, 5.74) is -0.460. The lowest BCUT2D eigenvalue weighted by atomic mass is 9.88. The number of amides is 2. The molecular weight excluding hydrogens is 268 g/mol. The Balaban J connectivity index is 1.57. The van der Waals surface area contributed by atoms with Gasteiger partial charge in [-0.2, -0.15) is 0 Å². The number of hydrogen-bond acceptors (Lipinski definition) is 3. The zero-order valence-corrected chi connectivity index (χ0v) is 13.3. The fraction of sp³-hybridized carbons (Fsp3) is 0.875. The predicted molar refractivity (Wildman–Crippen MR) is 78.7 cm³/mol. The highest BCUT2D eigenvalue weighted by Gasteiger charge is 2.43. The number of fused-ring (bicyclic) bond motifs is 1. The van der Waals surface area contributed by atoms with Crippen LogP contribution in [0, 0.1) is 17.8 Å². The molecule has 1 saturated carbocycles. The number of carbonyl (C=O) groups is 2. The van der Waals surface area contributed by atoms with Gasteiger partial charge in [-0.15, -0.1) is 0 Å². The molecule has 0 aromatic carbocycles. The van der Waals surface area contributed by atoms with Gasteiger partial charge in [-0.1, -0.05) is 0 Å². The number of rotatable bonds is 2. The molecule has 0 radical (unpaired) electrons. The summed E-state index contributed by atoms with van der Waals surface area (Å²) >= 11 is 0. The first-order valence-electron chi connectivity index (χ1n) is 8.07. The molecule has 2 saturated heterocycles. The Labute approximate surface area is 126 Å². The van der Waals surface area contributed by atoms with E-state index in [1.807, 2.05) is 25.7 Å². The van der Waals surface area contributed by atoms with Crippen LogP contribution in [0.15, 0.2) is 0 Å². The Hall–Kier alpha value is -1.26. The van der Waals surface area contributed by atoms with Gasteiger partial charge in [0.2, 0.25) is 5.91 Å². The van der Waals surface area contributed by atoms with Crippen LogP contribution < -0.4 is 0 Å². The number of ether oxygens (including phenoxy) is 1. The molecule has 5 nitrogen and oxygen atoms in total. The molecule has 0 bridgehead atoms. The van der Waals surface area contributed by atoms with Crippen molar-refractivity contribution in [3.63, 3.8) is 0 Å². The molecule has 2 amide bonds. The molecule has 5 heteroatoms. The maximum atomic E-state index is 12.2. The molecule has 2 atom stereocenters. The van der Waals surface area contributed by atoms with E-state index in [1.54, 1.807) is 4.90 Å². The second-order valence-electron chi connectivity index (χ2n) is 7.85. The van der Waals surface area contributed by atoms with Gasteiger partial charge in [-0.3, -0.25) is 4.79 Å². The van der Waals surface area contributed by atoms with Crippen LogP contribution in [0.3, 0.4) is 0 Å². The average Bonchev–Trinajstić information content (AvgIpc) is 3.06. The SMILES string of the molecule is CC(C)(C)OC(=O)N1C[C@@H]2CC(=O)N(CC3CC3)C[C@H]2C1. The third-order valence-corrected chi connectivity index (χ3v) is 4.65. The lowest BCUT2D eigenvalue weighted by Gasteiger charge is -2.34. The second kappa shape index (κ2) is 5.18. The Morgan fingerprint density at radius 1 is 1.19 bits per heavy atom. The number of nitrogens with zero attached hydrogens (tertiary/aromatic N) is 2. The number of hydrogen-bond donors (Lipinski definition) is 0. The Bertz CT molecular complexity index is 439. The van der Waals surface area contributed by atoms with Crippen molar-refractivity contribution in [2.75, 3.05) is 26.2 Å². The molecule has 0 unspecified atom stereocenters. The Kier molecular flexibility index (Phi) is 3.62. The van der Waals surface area contributed by atoms with Gasteiger partial charge in [-0.25, -0.2) is 4.79 Å². The minimum Gasteiger partial charge on any atom is -0.444 e. The van der Waals surface area contributed by atoms with Crippen LogP contribution in [-0.2, 0) is 9.53 Å². The minimum absolute atomic E-state index is 0.238. The van der Waals surface area contributed by atoms with Crippen molar-refractivity contribution in [2.45, 2.75) is 45.6 Å². The van der Waals surface area contributed by atoms with Crippen molar-refractivity contribution in [1.29, 1.82) is 0 Å². The summed E-state index contributed by atoms with van der Waals surface area (Å²) in [6.07, 6.45) is 2.89. The topological polar surface area (TPSA) is 49.9 Å². The zero-order chi connectivity index (χ0) is 15.2. The van der Waals surface area contributed by atoms with E-state index in [0.29, 0.717) is 24.8 Å². The van der Waals surface area contributed by atoms with Crippen LogP contribution in [0.1, 0.15) is 40.0 Å². The molecule has 0 aromatic heterocycles. The summed E-state index contributed by atoms with van der Waals surface area (Å²) in [4.78, 5) is 28.2. The van der Waals surface area contributed by atoms with Crippen LogP contribution in [-0.4, -0.2) is 53.6 Å². The summed E-state index contributed by atoms with van der Waals surface area (Å²) in [5, 5.41) is 0. The smallest absolute Gasteiger partial charge is 0.410 e. The molecule has 3 rings (SSSR count). The van der Waals surface area contributed by atoms with Gasteiger partial charge in [0.1, 0.15) is 5.60 Å². The van der Waals surface area contributed by atoms with Gasteiger partial charge in [0, 0.05) is 32.6 Å². The van der Waals surface area contributed by atoms with Crippen molar-refractivity contribution < 1.29 is 14.3 Å². The van der Waals surface area contributed by atoms with Gasteiger partial charge in [-0.05, 0) is 51.4 Å². The standard InChI is InChI=1S/C16H26N2O3/c1-16(2,3)21-15(20)18-8-12-6-14(19)17(7-11-4-5-11)9-13(12)10-18/h11-13H,4-10H2,1-3H3/t12-,13-/m0/s1. The van der Waals surface area contributed by atoms with E-state index in [0.717, 1.165) is 25.6 Å². The minimum atomic E-state index is -0.460. The van der Waals surface area contributed by atoms with E-state index >= 15 is 0 Å². The van der Waals surface area contributed by atoms with Crippen molar-refractivity contribution in [2.24, 2.45) is 17.8 Å². The first-order chi connectivity index (χ1) is 9.82. The quantitative estimate of drug-likeness (QED) is 0.784. The Morgan fingerprint density at radius 2 is 1.86 bits per heavy atom. The first kappa shape index (κ1) is 14.7. The van der Waals surface area contributed by atoms with Crippen LogP contribution >= 0.6 is 0 Å². The normalized spacial score (nSPS) is 29.6. The summed E-state index contributed by atoms with van der Waals surface area (Å²) in [5.74, 6) is 1.75. The number of likely N-dealkylation sites (tertiary alicyclic amines) is 2. The third kappa shape index (κ3) is 3.50. The molecule has 3 aliphatic rings. The molecule has 0 aromatic rings. The van der Waals surface area contributed by atoms with Gasteiger partial charge in [0.05, 0.1) is 0 Å². The predicted octanol–water partition coefficient (Wildman–Crippen LogP) is 2.11. The molecule has 2 aliphatic heterocycles. The maximum absolute atomic E-state index is 12.2. The number of piperidine rings is 1. The van der Waals surface area contributed by atoms with Crippen molar-refractivity contribution in [3.8, 4) is 0 Å². The molecule has 0 N–H and O–H groups in total. The van der Waals surface area contributed by atoms with E-state index in [-0.39, 0.29) is 12.0 Å². The van der Waals surface area contributed by atoms with E-state index in [4.69, 9.17) is 4.74 Å². The summed E-state index contributed by atoms with van der Waals surface area (Å²) in [6, 6.07) is 0. The van der Waals surface area contributed by atoms with Crippen molar-refractivity contribution >= 4 is 12.0 Å². The summed E-state index contributed by atoms with van der Waals surface area (Å²) in [6.45, 7) is 8.79. The molecule has 2 heterocycles. The van der Waals surface area contributed by atoms with Gasteiger partial charge >= 0.3 is 6.09 Å². The van der Waals surface area contributed by atoms with Gasteiger partial charge in [0.25, 0.3) is 0 Å². The average molecular weight is 294 g/mol. The van der Waals surface area contributed by atoms with Gasteiger partial charge < -0.3 is 14.5 Å². The Morgan fingerprint density at radius 3 is 2.48 bits per heavy atom. The monoisotopic (exact) mass is 294 g/mol. The maximum Gasteiger partial charge on any atom is 0.410 e. The van der Waals surface area contributed by atoms with Crippen molar-refractivity contribution in [1.82, 2.24) is 9.80 Å². The lowest BCUT2D eigenvalue weighted by molar-refractivity contribution is -0.136. The number of carbonyl (C=O) groups excluding carboxylic acids is 2. The van der Waals surface area contributed by atoms with E-state index in [9.17, 15) is 9.59 Å². The largest absolute Gasteiger partial charge is 0.444 e. The summed E-state index contributed by atoms with van der Waals surface area (Å²) in [7, 11) is 0. The van der Waals surface area contributed by atoms with Crippen LogP contribution in [0.25, 0.3) is 0 Å². The van der Waals surface area contributed by atoms with Crippen LogP contribution in [0.5, 0.6) is 0 Å². The molecule has 0 spiro atoms. The second-order valence-corrected chi connectivity index (χ2v) is 7.85. The van der Waals surface area contributed by atoms with E-state index < -0.39 is 5.60 Å². The van der Waals surface area contributed by atoms with Crippen LogP contribution in [0.4, 0.5) is 4.79 Å². The van der Waals surface area contributed by atoms with Gasteiger partial charge in [0.15, 0.2) is 0 Å². The molecular formula is C16H26N2O3. The molecule has 21 heavy (non-hydrogen) atoms. The van der Waals surface area contributed by atoms with Crippen LogP contribution in [0.2, 0.25) is 0 Å². The fourth-order valence-corrected chi connectivity index (χ4v) is 3.38. The highest BCUT2D eigenvalue weighted by atomic mass is 16.6. The third-order valence-electron chi connectivity index (χ3n) is 4.65. The summed E-state index contributed by atoms with van der Waals surface area (Å²) < 4.78 is 5.44. The van der Waals surface area contributed by atoms with E-state index in [2.05, 4.69) is 0 Å². The molecule has 118 valence electrons. The first-order valence-corrected chi connectivity index (χ1v) is 8.07. The lowest BCUT2D eigenvalue weighted by Crippen LogP contribution is -2.44. The zero-order valence-electron chi connectivity index (χ0n) is 13.3. The molecule has 3 fully saturated rings. The highest BCUT2D eigenvalue weighted by Crippen LogP contribution is 2.36. The molecule has 1 aliphatic carbocycles. The van der Waals surface area contributed by atoms with E-state index in [1.165, 1.54) is 12.8 Å². The van der Waals surface area contributed by atoms with Crippen molar-refractivity contribution in [3.05, 3.63) is 0 Å².